The molecule has 0 amide bonds. The average molecular weight is 358 g/mol. The lowest BCUT2D eigenvalue weighted by atomic mass is 9.85. The van der Waals surface area contributed by atoms with Crippen LogP contribution < -0.4 is 9.47 Å². The van der Waals surface area contributed by atoms with Gasteiger partial charge in [0.25, 0.3) is 0 Å². The fourth-order valence-electron chi connectivity index (χ4n) is 3.98. The van der Waals surface area contributed by atoms with Crippen LogP contribution in [0.2, 0.25) is 0 Å². The van der Waals surface area contributed by atoms with E-state index in [-0.39, 0.29) is 35.5 Å². The zero-order chi connectivity index (χ0) is 18.3. The second-order valence-electron chi connectivity index (χ2n) is 6.70. The minimum absolute atomic E-state index is 0.0986. The minimum atomic E-state index is -0.0986. The number of phenols is 2. The maximum atomic E-state index is 9.80. The average Bonchev–Trinajstić information content (AvgIpc) is 3.25. The minimum Gasteiger partial charge on any atom is -0.504 e. The Morgan fingerprint density at radius 1 is 0.769 bits per heavy atom. The fourth-order valence-corrected chi connectivity index (χ4v) is 3.98. The number of phenolic OH excluding ortho intramolecular Hbond substituents is 2. The van der Waals surface area contributed by atoms with Gasteiger partial charge in [-0.1, -0.05) is 12.1 Å². The summed E-state index contributed by atoms with van der Waals surface area (Å²) in [4.78, 5) is 0. The molecule has 0 bridgehead atoms. The first kappa shape index (κ1) is 17.0. The Morgan fingerprint density at radius 2 is 1.19 bits per heavy atom. The Balaban J connectivity index is 1.58. The van der Waals surface area contributed by atoms with Crippen molar-refractivity contribution in [3.05, 3.63) is 47.5 Å². The zero-order valence-electron chi connectivity index (χ0n) is 14.7. The van der Waals surface area contributed by atoms with E-state index in [0.717, 1.165) is 11.1 Å². The number of methoxy groups -OCH3 is 2. The van der Waals surface area contributed by atoms with E-state index in [2.05, 4.69) is 0 Å². The van der Waals surface area contributed by atoms with Gasteiger partial charge in [-0.25, -0.2) is 0 Å². The van der Waals surface area contributed by atoms with Crippen LogP contribution in [0.25, 0.3) is 0 Å². The Hall–Kier alpha value is -2.44. The highest BCUT2D eigenvalue weighted by molar-refractivity contribution is 5.44. The normalized spacial score (nSPS) is 27.3. The first-order valence-electron chi connectivity index (χ1n) is 8.59. The van der Waals surface area contributed by atoms with Gasteiger partial charge in [-0.3, -0.25) is 0 Å². The number of hydrogen-bond donors (Lipinski definition) is 2. The number of aromatic hydroxyl groups is 2. The summed E-state index contributed by atoms with van der Waals surface area (Å²) in [5.74, 6) is 1.54. The molecule has 4 atom stereocenters. The molecular weight excluding hydrogens is 336 g/mol. The van der Waals surface area contributed by atoms with Crippen LogP contribution in [0.15, 0.2) is 36.4 Å². The van der Waals surface area contributed by atoms with Crippen LogP contribution in [-0.2, 0) is 9.47 Å². The lowest BCUT2D eigenvalue weighted by Crippen LogP contribution is -2.14. The Labute approximate surface area is 151 Å². The molecule has 4 rings (SSSR count). The molecule has 6 nitrogen and oxygen atoms in total. The van der Waals surface area contributed by atoms with Gasteiger partial charge in [-0.2, -0.15) is 0 Å². The summed E-state index contributed by atoms with van der Waals surface area (Å²) in [7, 11) is 3.06. The summed E-state index contributed by atoms with van der Waals surface area (Å²) in [6, 6.07) is 10.6. The summed E-state index contributed by atoms with van der Waals surface area (Å²) in [5.41, 5.74) is 1.94. The third-order valence-electron chi connectivity index (χ3n) is 5.33. The van der Waals surface area contributed by atoms with Gasteiger partial charge in [0.2, 0.25) is 0 Å². The predicted molar refractivity (Wildman–Crippen MR) is 93.7 cm³/mol. The van der Waals surface area contributed by atoms with E-state index in [1.807, 2.05) is 24.3 Å². The molecule has 0 unspecified atom stereocenters. The molecule has 6 heteroatoms. The highest BCUT2D eigenvalue weighted by atomic mass is 16.5. The number of benzene rings is 2. The standard InChI is InChI=1S/C20H22O6/c1-23-17-7-11(3-5-15(17)21)19-13-9-26-20(14(13)10-25-19)12-4-6-16(22)18(8-12)24-2/h3-8,13-14,19-22H,9-10H2,1-2H3/t13-,14-,19+,20+/m0/s1. The van der Waals surface area contributed by atoms with Crippen molar-refractivity contribution in [2.45, 2.75) is 12.2 Å². The van der Waals surface area contributed by atoms with Crippen LogP contribution >= 0.6 is 0 Å². The van der Waals surface area contributed by atoms with E-state index < -0.39 is 0 Å². The number of ether oxygens (including phenoxy) is 4. The van der Waals surface area contributed by atoms with E-state index in [0.29, 0.717) is 24.7 Å². The maximum Gasteiger partial charge on any atom is 0.160 e. The molecule has 2 heterocycles. The van der Waals surface area contributed by atoms with Crippen molar-refractivity contribution in [1.82, 2.24) is 0 Å². The van der Waals surface area contributed by atoms with Gasteiger partial charge in [-0.15, -0.1) is 0 Å². The largest absolute Gasteiger partial charge is 0.504 e. The number of rotatable bonds is 4. The Morgan fingerprint density at radius 3 is 1.58 bits per heavy atom. The summed E-state index contributed by atoms with van der Waals surface area (Å²) < 4.78 is 22.6. The summed E-state index contributed by atoms with van der Waals surface area (Å²) in [6.45, 7) is 1.18. The molecule has 0 saturated carbocycles. The lowest BCUT2D eigenvalue weighted by molar-refractivity contribution is 0.0191. The van der Waals surface area contributed by atoms with Gasteiger partial charge in [0.05, 0.1) is 39.6 Å². The molecule has 2 aliphatic rings. The van der Waals surface area contributed by atoms with Crippen molar-refractivity contribution in [1.29, 1.82) is 0 Å². The van der Waals surface area contributed by atoms with Crippen molar-refractivity contribution in [2.75, 3.05) is 27.4 Å². The number of hydrogen-bond acceptors (Lipinski definition) is 6. The molecule has 2 fully saturated rings. The van der Waals surface area contributed by atoms with Gasteiger partial charge in [0, 0.05) is 11.8 Å². The van der Waals surface area contributed by atoms with E-state index in [9.17, 15) is 10.2 Å². The van der Waals surface area contributed by atoms with Crippen molar-refractivity contribution in [3.63, 3.8) is 0 Å². The van der Waals surface area contributed by atoms with Crippen molar-refractivity contribution in [3.8, 4) is 23.0 Å². The summed E-state index contributed by atoms with van der Waals surface area (Å²) in [5, 5.41) is 19.6. The predicted octanol–water partition coefficient (Wildman–Crippen LogP) is 3.19. The van der Waals surface area contributed by atoms with Gasteiger partial charge in [0.1, 0.15) is 0 Å². The van der Waals surface area contributed by atoms with Crippen LogP contribution in [0, 0.1) is 11.8 Å². The molecule has 0 aromatic heterocycles. The molecule has 26 heavy (non-hydrogen) atoms. The van der Waals surface area contributed by atoms with Gasteiger partial charge in [-0.05, 0) is 35.4 Å². The zero-order valence-corrected chi connectivity index (χ0v) is 14.7. The monoisotopic (exact) mass is 358 g/mol. The topological polar surface area (TPSA) is 77.4 Å². The molecule has 2 aromatic rings. The number of fused-ring (bicyclic) bond motifs is 1. The molecule has 2 aromatic carbocycles. The Bertz CT molecular complexity index is 737. The van der Waals surface area contributed by atoms with Crippen LogP contribution in [-0.4, -0.2) is 37.6 Å². The summed E-state index contributed by atoms with van der Waals surface area (Å²) in [6.07, 6.45) is -0.197. The second-order valence-corrected chi connectivity index (χ2v) is 6.70. The van der Waals surface area contributed by atoms with Gasteiger partial charge in [0.15, 0.2) is 23.0 Å². The van der Waals surface area contributed by atoms with Crippen LogP contribution in [0.3, 0.4) is 0 Å². The summed E-state index contributed by atoms with van der Waals surface area (Å²) >= 11 is 0. The van der Waals surface area contributed by atoms with Crippen molar-refractivity contribution < 1.29 is 29.2 Å². The molecule has 138 valence electrons. The van der Waals surface area contributed by atoms with E-state index in [4.69, 9.17) is 18.9 Å². The Kier molecular flexibility index (Phi) is 4.38. The lowest BCUT2D eigenvalue weighted by Gasteiger charge is -2.18. The van der Waals surface area contributed by atoms with Crippen LogP contribution in [0.5, 0.6) is 23.0 Å². The van der Waals surface area contributed by atoms with E-state index in [1.54, 1.807) is 12.1 Å². The molecule has 0 aliphatic carbocycles. The van der Waals surface area contributed by atoms with Gasteiger partial charge >= 0.3 is 0 Å². The highest BCUT2D eigenvalue weighted by Crippen LogP contribution is 2.51. The second kappa shape index (κ2) is 6.70. The van der Waals surface area contributed by atoms with Crippen molar-refractivity contribution in [2.24, 2.45) is 11.8 Å². The quantitative estimate of drug-likeness (QED) is 0.874. The molecular formula is C20H22O6. The molecule has 0 spiro atoms. The van der Waals surface area contributed by atoms with E-state index >= 15 is 0 Å². The van der Waals surface area contributed by atoms with Gasteiger partial charge < -0.3 is 29.2 Å². The van der Waals surface area contributed by atoms with Crippen LogP contribution in [0.1, 0.15) is 23.3 Å². The SMILES string of the molecule is COc1cc([C@H]2OC[C@H]3[C@@H]2CO[C@@H]3c2ccc(O)c(OC)c2)ccc1O. The van der Waals surface area contributed by atoms with Crippen molar-refractivity contribution >= 4 is 0 Å². The molecule has 2 saturated heterocycles. The molecule has 2 aliphatic heterocycles. The highest BCUT2D eigenvalue weighted by Gasteiger charge is 2.48. The van der Waals surface area contributed by atoms with Crippen LogP contribution in [0.4, 0.5) is 0 Å². The fraction of sp³-hybridized carbons (Fsp3) is 0.400. The first-order valence-corrected chi connectivity index (χ1v) is 8.59. The first-order chi connectivity index (χ1) is 12.6. The third-order valence-corrected chi connectivity index (χ3v) is 5.33. The smallest absolute Gasteiger partial charge is 0.160 e. The maximum absolute atomic E-state index is 9.80. The van der Waals surface area contributed by atoms with E-state index in [1.165, 1.54) is 14.2 Å². The third kappa shape index (κ3) is 2.75. The molecule has 0 radical (unpaired) electrons. The molecule has 2 N–H and O–H groups in total.